The monoisotopic (exact) mass is 267 g/mol. The fourth-order valence-corrected chi connectivity index (χ4v) is 1.55. The van der Waals surface area contributed by atoms with E-state index in [1.807, 2.05) is 0 Å². The van der Waals surface area contributed by atoms with E-state index in [1.165, 1.54) is 12.1 Å². The van der Waals surface area contributed by atoms with Crippen LogP contribution in [-0.2, 0) is 14.6 Å². The molecule has 1 N–H and O–H groups in total. The molecule has 0 radical (unpaired) electrons. The van der Waals surface area contributed by atoms with Gasteiger partial charge in [0.15, 0.2) is 0 Å². The summed E-state index contributed by atoms with van der Waals surface area (Å²) >= 11 is 0. The Labute approximate surface area is 95.4 Å². The normalized spacial score (nSPS) is 12.2. The first kappa shape index (κ1) is 13.5. The van der Waals surface area contributed by atoms with Crippen LogP contribution < -0.4 is 5.32 Å². The van der Waals surface area contributed by atoms with Crippen LogP contribution in [0.15, 0.2) is 30.3 Å². The van der Waals surface area contributed by atoms with Gasteiger partial charge in [-0.2, -0.15) is 13.2 Å². The molecular formula is C9H8F3NO3S. The van der Waals surface area contributed by atoms with Crippen molar-refractivity contribution in [2.24, 2.45) is 0 Å². The third-order valence-corrected chi connectivity index (χ3v) is 3.08. The average molecular weight is 267 g/mol. The highest BCUT2D eigenvalue weighted by molar-refractivity contribution is 7.92. The molecule has 17 heavy (non-hydrogen) atoms. The molecular weight excluding hydrogens is 259 g/mol. The molecule has 1 amide bonds. The molecule has 94 valence electrons. The third kappa shape index (κ3) is 3.74. The first-order valence-electron chi connectivity index (χ1n) is 4.36. The molecule has 0 aliphatic carbocycles. The largest absolute Gasteiger partial charge is 0.497 e. The molecule has 0 spiro atoms. The summed E-state index contributed by atoms with van der Waals surface area (Å²) in [7, 11) is -5.43. The minimum Gasteiger partial charge on any atom is -0.325 e. The number of sulfone groups is 1. The molecule has 4 nitrogen and oxygen atoms in total. The Morgan fingerprint density at radius 1 is 1.18 bits per heavy atom. The van der Waals surface area contributed by atoms with E-state index in [2.05, 4.69) is 5.32 Å². The number of hydrogen-bond donors (Lipinski definition) is 1. The van der Waals surface area contributed by atoms with Gasteiger partial charge in [-0.15, -0.1) is 0 Å². The van der Waals surface area contributed by atoms with Gasteiger partial charge in [-0.3, -0.25) is 4.79 Å². The quantitative estimate of drug-likeness (QED) is 0.904. The fraction of sp³-hybridized carbons (Fsp3) is 0.222. The van der Waals surface area contributed by atoms with Crippen molar-refractivity contribution in [2.75, 3.05) is 11.1 Å². The highest BCUT2D eigenvalue weighted by atomic mass is 32.2. The van der Waals surface area contributed by atoms with Gasteiger partial charge < -0.3 is 5.32 Å². The lowest BCUT2D eigenvalue weighted by Crippen LogP contribution is -2.32. The molecule has 1 aromatic carbocycles. The second kappa shape index (κ2) is 4.74. The SMILES string of the molecule is O=C(CS(=O)(=O)C(F)(F)F)Nc1ccccc1. The van der Waals surface area contributed by atoms with E-state index in [-0.39, 0.29) is 5.69 Å². The molecule has 0 aliphatic rings. The third-order valence-electron chi connectivity index (χ3n) is 1.73. The summed E-state index contributed by atoms with van der Waals surface area (Å²) in [4.78, 5) is 11.1. The number of amides is 1. The molecule has 1 aromatic rings. The zero-order valence-corrected chi connectivity index (χ0v) is 9.18. The van der Waals surface area contributed by atoms with Crippen molar-refractivity contribution in [1.82, 2.24) is 0 Å². The van der Waals surface area contributed by atoms with E-state index in [0.717, 1.165) is 0 Å². The second-order valence-electron chi connectivity index (χ2n) is 3.12. The molecule has 8 heteroatoms. The highest BCUT2D eigenvalue weighted by Gasteiger charge is 2.46. The summed E-state index contributed by atoms with van der Waals surface area (Å²) in [5.41, 5.74) is -5.18. The van der Waals surface area contributed by atoms with E-state index in [0.29, 0.717) is 0 Å². The van der Waals surface area contributed by atoms with E-state index in [4.69, 9.17) is 0 Å². The molecule has 0 atom stereocenters. The minimum absolute atomic E-state index is 0.231. The summed E-state index contributed by atoms with van der Waals surface area (Å²) in [6.07, 6.45) is 0. The topological polar surface area (TPSA) is 63.2 Å². The Morgan fingerprint density at radius 2 is 1.71 bits per heavy atom. The molecule has 0 saturated heterocycles. The van der Waals surface area contributed by atoms with Crippen molar-refractivity contribution in [2.45, 2.75) is 5.51 Å². The number of nitrogens with one attached hydrogen (secondary N) is 1. The minimum atomic E-state index is -5.43. The number of halogens is 3. The number of anilines is 1. The lowest BCUT2D eigenvalue weighted by Gasteiger charge is -2.08. The number of benzene rings is 1. The Morgan fingerprint density at radius 3 is 2.18 bits per heavy atom. The smallest absolute Gasteiger partial charge is 0.325 e. The summed E-state index contributed by atoms with van der Waals surface area (Å²) in [6, 6.07) is 7.60. The van der Waals surface area contributed by atoms with E-state index in [9.17, 15) is 26.4 Å². The molecule has 0 unspecified atom stereocenters. The maximum Gasteiger partial charge on any atom is 0.497 e. The van der Waals surface area contributed by atoms with Crippen molar-refractivity contribution in [1.29, 1.82) is 0 Å². The lowest BCUT2D eigenvalue weighted by molar-refractivity contribution is -0.114. The molecule has 0 saturated carbocycles. The fourth-order valence-electron chi connectivity index (χ4n) is 0.973. The number of rotatable bonds is 3. The number of para-hydroxylation sites is 1. The van der Waals surface area contributed by atoms with Crippen LogP contribution in [0.1, 0.15) is 0 Å². The number of hydrogen-bond acceptors (Lipinski definition) is 3. The van der Waals surface area contributed by atoms with Crippen LogP contribution in [0.4, 0.5) is 18.9 Å². The Kier molecular flexibility index (Phi) is 3.76. The van der Waals surface area contributed by atoms with E-state index in [1.54, 1.807) is 18.2 Å². The van der Waals surface area contributed by atoms with Crippen LogP contribution in [-0.4, -0.2) is 25.6 Å². The van der Waals surface area contributed by atoms with Crippen molar-refractivity contribution in [3.8, 4) is 0 Å². The number of carbonyl (C=O) groups excluding carboxylic acids is 1. The van der Waals surface area contributed by atoms with Crippen LogP contribution in [0.2, 0.25) is 0 Å². The predicted molar refractivity (Wildman–Crippen MR) is 54.9 cm³/mol. The van der Waals surface area contributed by atoms with Gasteiger partial charge in [-0.1, -0.05) is 18.2 Å². The number of alkyl halides is 3. The molecule has 0 fully saturated rings. The first-order chi connectivity index (χ1) is 7.72. The van der Waals surface area contributed by atoms with Crippen LogP contribution >= 0.6 is 0 Å². The van der Waals surface area contributed by atoms with Crippen molar-refractivity contribution < 1.29 is 26.4 Å². The van der Waals surface area contributed by atoms with Gasteiger partial charge in [0.25, 0.3) is 9.84 Å². The van der Waals surface area contributed by atoms with E-state index < -0.39 is 27.0 Å². The predicted octanol–water partition coefficient (Wildman–Crippen LogP) is 1.56. The van der Waals surface area contributed by atoms with Gasteiger partial charge in [0.1, 0.15) is 5.75 Å². The molecule has 0 bridgehead atoms. The zero-order valence-electron chi connectivity index (χ0n) is 8.36. The standard InChI is InChI=1S/C9H8F3NO3S/c10-9(11,12)17(15,16)6-8(14)13-7-4-2-1-3-5-7/h1-5H,6H2,(H,13,14). The maximum absolute atomic E-state index is 12.0. The summed E-state index contributed by atoms with van der Waals surface area (Å²) in [5.74, 6) is -2.85. The Balaban J connectivity index is 2.69. The molecule has 0 heterocycles. The van der Waals surface area contributed by atoms with Crippen LogP contribution in [0.25, 0.3) is 0 Å². The molecule has 1 rings (SSSR count). The highest BCUT2D eigenvalue weighted by Crippen LogP contribution is 2.23. The van der Waals surface area contributed by atoms with Gasteiger partial charge >= 0.3 is 5.51 Å². The second-order valence-corrected chi connectivity index (χ2v) is 5.10. The van der Waals surface area contributed by atoms with Crippen molar-refractivity contribution >= 4 is 21.4 Å². The summed E-state index contributed by atoms with van der Waals surface area (Å²) in [5, 5.41) is 2.05. The lowest BCUT2D eigenvalue weighted by atomic mass is 10.3. The first-order valence-corrected chi connectivity index (χ1v) is 6.01. The Hall–Kier alpha value is -1.57. The molecule has 0 aliphatic heterocycles. The van der Waals surface area contributed by atoms with Crippen LogP contribution in [0, 0.1) is 0 Å². The number of carbonyl (C=O) groups is 1. The van der Waals surface area contributed by atoms with Gasteiger partial charge in [-0.25, -0.2) is 8.42 Å². The van der Waals surface area contributed by atoms with Gasteiger partial charge in [-0.05, 0) is 12.1 Å². The van der Waals surface area contributed by atoms with Gasteiger partial charge in [0.2, 0.25) is 5.91 Å². The van der Waals surface area contributed by atoms with Crippen molar-refractivity contribution in [3.63, 3.8) is 0 Å². The van der Waals surface area contributed by atoms with Crippen LogP contribution in [0.3, 0.4) is 0 Å². The van der Waals surface area contributed by atoms with Gasteiger partial charge in [0, 0.05) is 5.69 Å². The summed E-state index contributed by atoms with van der Waals surface area (Å²) in [6.45, 7) is 0. The van der Waals surface area contributed by atoms with Gasteiger partial charge in [0.05, 0.1) is 0 Å². The molecule has 0 aromatic heterocycles. The van der Waals surface area contributed by atoms with Crippen LogP contribution in [0.5, 0.6) is 0 Å². The zero-order chi connectivity index (χ0) is 13.1. The summed E-state index contributed by atoms with van der Waals surface area (Å²) < 4.78 is 57.2. The average Bonchev–Trinajstić information content (AvgIpc) is 2.16. The Bertz CT molecular complexity index is 496. The van der Waals surface area contributed by atoms with E-state index >= 15 is 0 Å². The maximum atomic E-state index is 12.0. The van der Waals surface area contributed by atoms with Crippen molar-refractivity contribution in [3.05, 3.63) is 30.3 Å².